The highest BCUT2D eigenvalue weighted by atomic mass is 19.4. The number of hydrogen-bond acceptors (Lipinski definition) is 7. The molecule has 11 heteroatoms. The third-order valence-corrected chi connectivity index (χ3v) is 5.22. The lowest BCUT2D eigenvalue weighted by molar-refractivity contribution is -0.274. The van der Waals surface area contributed by atoms with Crippen LogP contribution in [-0.4, -0.2) is 50.8 Å². The van der Waals surface area contributed by atoms with Gasteiger partial charge >= 0.3 is 6.36 Å². The highest BCUT2D eigenvalue weighted by Gasteiger charge is 2.40. The number of anilines is 1. The lowest BCUT2D eigenvalue weighted by atomic mass is 9.67. The molecule has 0 atom stereocenters. The Morgan fingerprint density at radius 3 is 2.73 bits per heavy atom. The summed E-state index contributed by atoms with van der Waals surface area (Å²) in [5.41, 5.74) is 0.642. The average Bonchev–Trinajstić information content (AvgIpc) is 3.16. The molecular weight excluding hydrogens is 403 g/mol. The molecule has 0 radical (unpaired) electrons. The van der Waals surface area contributed by atoms with Crippen LogP contribution in [0.3, 0.4) is 0 Å². The normalized spacial score (nSPS) is 21.3. The summed E-state index contributed by atoms with van der Waals surface area (Å²) >= 11 is 0. The van der Waals surface area contributed by atoms with Crippen molar-refractivity contribution >= 4 is 11.5 Å². The van der Waals surface area contributed by atoms with Gasteiger partial charge in [-0.25, -0.2) is 4.98 Å². The van der Waals surface area contributed by atoms with Crippen LogP contribution in [0.5, 0.6) is 11.5 Å². The standard InChI is InChI=1S/C19H20F3N5O3/c1-18(9-28)6-11(7-18)24-17-26-25-16(14-8-23-10-27(14)17)13-4-3-12(29-2)5-15(13)30-19(20,21)22/h3-5,8,10-11,28H,6-7,9H2,1-2H3,(H,24,26). The first kappa shape index (κ1) is 20.2. The van der Waals surface area contributed by atoms with Crippen molar-refractivity contribution in [2.24, 2.45) is 5.41 Å². The lowest BCUT2D eigenvalue weighted by Gasteiger charge is -2.44. The molecule has 0 amide bonds. The van der Waals surface area contributed by atoms with Gasteiger partial charge in [0.05, 0.1) is 18.8 Å². The van der Waals surface area contributed by atoms with Crippen LogP contribution in [-0.2, 0) is 0 Å². The fraction of sp³-hybridized carbons (Fsp3) is 0.421. The highest BCUT2D eigenvalue weighted by molar-refractivity contribution is 5.81. The Morgan fingerprint density at radius 2 is 2.07 bits per heavy atom. The molecule has 1 aliphatic rings. The van der Waals surface area contributed by atoms with Gasteiger partial charge in [-0.1, -0.05) is 6.92 Å². The number of rotatable bonds is 6. The third-order valence-electron chi connectivity index (χ3n) is 5.22. The summed E-state index contributed by atoms with van der Waals surface area (Å²) in [5.74, 6) is 0.186. The molecule has 0 unspecified atom stereocenters. The SMILES string of the molecule is COc1ccc(-c2nnc(NC3CC(C)(CO)C3)n3cncc23)c(OC(F)(F)F)c1. The molecule has 0 bridgehead atoms. The fourth-order valence-electron chi connectivity index (χ4n) is 3.70. The van der Waals surface area contributed by atoms with Gasteiger partial charge in [0.15, 0.2) is 0 Å². The van der Waals surface area contributed by atoms with E-state index in [2.05, 4.69) is 25.2 Å². The van der Waals surface area contributed by atoms with Crippen LogP contribution >= 0.6 is 0 Å². The molecule has 2 N–H and O–H groups in total. The highest BCUT2D eigenvalue weighted by Crippen LogP contribution is 2.42. The van der Waals surface area contributed by atoms with Gasteiger partial charge in [0.1, 0.15) is 23.5 Å². The quantitative estimate of drug-likeness (QED) is 0.629. The number of aliphatic hydroxyl groups excluding tert-OH is 1. The number of hydrogen-bond donors (Lipinski definition) is 2. The van der Waals surface area contributed by atoms with Gasteiger partial charge in [-0.2, -0.15) is 0 Å². The summed E-state index contributed by atoms with van der Waals surface area (Å²) in [5, 5.41) is 21.0. The Morgan fingerprint density at radius 1 is 1.30 bits per heavy atom. The first-order valence-electron chi connectivity index (χ1n) is 9.22. The number of aromatic nitrogens is 4. The topological polar surface area (TPSA) is 93.8 Å². The third kappa shape index (κ3) is 3.84. The summed E-state index contributed by atoms with van der Waals surface area (Å²) in [6.45, 7) is 2.11. The van der Waals surface area contributed by atoms with Gasteiger partial charge < -0.3 is 19.9 Å². The molecule has 1 fully saturated rings. The largest absolute Gasteiger partial charge is 0.573 e. The van der Waals surface area contributed by atoms with E-state index in [9.17, 15) is 18.3 Å². The minimum Gasteiger partial charge on any atom is -0.497 e. The van der Waals surface area contributed by atoms with E-state index in [1.807, 2.05) is 6.92 Å². The molecule has 1 aliphatic carbocycles. The van der Waals surface area contributed by atoms with E-state index in [1.54, 1.807) is 4.40 Å². The second-order valence-electron chi connectivity index (χ2n) is 7.65. The molecule has 1 aromatic carbocycles. The van der Waals surface area contributed by atoms with Crippen LogP contribution in [0.15, 0.2) is 30.7 Å². The Hall–Kier alpha value is -3.08. The number of alkyl halides is 3. The van der Waals surface area contributed by atoms with Crippen molar-refractivity contribution in [2.75, 3.05) is 19.0 Å². The number of fused-ring (bicyclic) bond motifs is 1. The van der Waals surface area contributed by atoms with Crippen LogP contribution in [0.1, 0.15) is 19.8 Å². The van der Waals surface area contributed by atoms with Crippen molar-refractivity contribution < 1.29 is 27.8 Å². The Bertz CT molecular complexity index is 1060. The molecule has 2 heterocycles. The summed E-state index contributed by atoms with van der Waals surface area (Å²) < 4.78 is 49.6. The number of aliphatic hydroxyl groups is 1. The Balaban J connectivity index is 1.70. The molecule has 0 saturated heterocycles. The maximum Gasteiger partial charge on any atom is 0.573 e. The van der Waals surface area contributed by atoms with Crippen LogP contribution in [0.2, 0.25) is 0 Å². The summed E-state index contributed by atoms with van der Waals surface area (Å²) in [4.78, 5) is 4.10. The Labute approximate surface area is 169 Å². The molecular formula is C19H20F3N5O3. The fourth-order valence-corrected chi connectivity index (χ4v) is 3.70. The van der Waals surface area contributed by atoms with E-state index in [0.717, 1.165) is 18.9 Å². The van der Waals surface area contributed by atoms with E-state index < -0.39 is 12.1 Å². The van der Waals surface area contributed by atoms with E-state index in [0.29, 0.717) is 11.5 Å². The first-order valence-corrected chi connectivity index (χ1v) is 9.22. The molecule has 8 nitrogen and oxygen atoms in total. The van der Waals surface area contributed by atoms with Gasteiger partial charge in [-0.05, 0) is 30.4 Å². The zero-order valence-electron chi connectivity index (χ0n) is 16.3. The van der Waals surface area contributed by atoms with Gasteiger partial charge in [-0.15, -0.1) is 23.4 Å². The maximum atomic E-state index is 12.9. The molecule has 0 aliphatic heterocycles. The van der Waals surface area contributed by atoms with Crippen LogP contribution in [0.25, 0.3) is 16.8 Å². The maximum absolute atomic E-state index is 12.9. The molecule has 1 saturated carbocycles. The molecule has 160 valence electrons. The van der Waals surface area contributed by atoms with E-state index in [4.69, 9.17) is 4.74 Å². The predicted octanol–water partition coefficient (Wildman–Crippen LogP) is 3.27. The number of nitrogens with zero attached hydrogens (tertiary/aromatic N) is 4. The number of methoxy groups -OCH3 is 1. The van der Waals surface area contributed by atoms with Crippen molar-refractivity contribution in [3.8, 4) is 22.8 Å². The summed E-state index contributed by atoms with van der Waals surface area (Å²) in [6, 6.07) is 4.21. The van der Waals surface area contributed by atoms with Crippen molar-refractivity contribution in [3.05, 3.63) is 30.7 Å². The zero-order valence-corrected chi connectivity index (χ0v) is 16.3. The average molecular weight is 423 g/mol. The summed E-state index contributed by atoms with van der Waals surface area (Å²) in [6.07, 6.45) is -0.338. The monoisotopic (exact) mass is 423 g/mol. The second-order valence-corrected chi connectivity index (χ2v) is 7.65. The number of halogens is 3. The first-order chi connectivity index (χ1) is 14.2. The van der Waals surface area contributed by atoms with Crippen molar-refractivity contribution in [1.82, 2.24) is 19.6 Å². The van der Waals surface area contributed by atoms with E-state index in [-0.39, 0.29) is 35.1 Å². The lowest BCUT2D eigenvalue weighted by Crippen LogP contribution is -2.45. The molecule has 0 spiro atoms. The van der Waals surface area contributed by atoms with Crippen molar-refractivity contribution in [3.63, 3.8) is 0 Å². The summed E-state index contributed by atoms with van der Waals surface area (Å²) in [7, 11) is 1.35. The molecule has 2 aromatic heterocycles. The molecule has 4 rings (SSSR count). The predicted molar refractivity (Wildman–Crippen MR) is 101 cm³/mol. The molecule has 30 heavy (non-hydrogen) atoms. The van der Waals surface area contributed by atoms with Gasteiger partial charge in [-0.3, -0.25) is 4.40 Å². The van der Waals surface area contributed by atoms with Crippen molar-refractivity contribution in [1.29, 1.82) is 0 Å². The number of ether oxygens (including phenoxy) is 2. The Kier molecular flexibility index (Phi) is 4.92. The smallest absolute Gasteiger partial charge is 0.497 e. The second kappa shape index (κ2) is 7.31. The van der Waals surface area contributed by atoms with Gasteiger partial charge in [0.25, 0.3) is 0 Å². The van der Waals surface area contributed by atoms with Gasteiger partial charge in [0, 0.05) is 24.3 Å². The van der Waals surface area contributed by atoms with Crippen LogP contribution < -0.4 is 14.8 Å². The van der Waals surface area contributed by atoms with Crippen LogP contribution in [0.4, 0.5) is 19.1 Å². The minimum absolute atomic E-state index is 0.106. The van der Waals surface area contributed by atoms with E-state index >= 15 is 0 Å². The number of imidazole rings is 1. The van der Waals surface area contributed by atoms with E-state index in [1.165, 1.54) is 31.8 Å². The van der Waals surface area contributed by atoms with Gasteiger partial charge in [0.2, 0.25) is 5.95 Å². The van der Waals surface area contributed by atoms with Crippen LogP contribution in [0, 0.1) is 5.41 Å². The zero-order chi connectivity index (χ0) is 21.5. The number of benzene rings is 1. The number of nitrogens with one attached hydrogen (secondary N) is 1. The minimum atomic E-state index is -4.88. The molecule has 3 aromatic rings. The van der Waals surface area contributed by atoms with Crippen molar-refractivity contribution in [2.45, 2.75) is 32.2 Å².